The lowest BCUT2D eigenvalue weighted by Crippen LogP contribution is -2.51. The van der Waals surface area contributed by atoms with Gasteiger partial charge in [-0.15, -0.1) is 5.10 Å². The number of rotatable bonds is 5. The molecule has 156 valence electrons. The summed E-state index contributed by atoms with van der Waals surface area (Å²) in [6.45, 7) is 5.62. The molecule has 2 aliphatic heterocycles. The molecule has 2 aromatic heterocycles. The van der Waals surface area contributed by atoms with Gasteiger partial charge in [-0.1, -0.05) is 19.9 Å². The number of pyridine rings is 1. The fourth-order valence-corrected chi connectivity index (χ4v) is 4.86. The minimum Gasteiger partial charge on any atom is -0.467 e. The molecule has 0 unspecified atom stereocenters. The largest absolute Gasteiger partial charge is 0.467 e. The van der Waals surface area contributed by atoms with E-state index in [1.54, 1.807) is 13.1 Å². The van der Waals surface area contributed by atoms with Gasteiger partial charge in [0, 0.05) is 43.9 Å². The van der Waals surface area contributed by atoms with Crippen LogP contribution in [-0.2, 0) is 7.05 Å². The zero-order valence-corrected chi connectivity index (χ0v) is 17.5. The Morgan fingerprint density at radius 2 is 2.10 bits per heavy atom. The zero-order valence-electron chi connectivity index (χ0n) is 17.5. The fraction of sp³-hybridized carbons (Fsp3) is 0.619. The Morgan fingerprint density at radius 1 is 1.31 bits per heavy atom. The lowest BCUT2D eigenvalue weighted by Gasteiger charge is -2.47. The SMILES string of the molecule is COc1nc(C(=O)N2C[C@H]3C[C@@H](C2)[C@H](CCC(C)C)n2c3cccc2=O)nn1C. The summed E-state index contributed by atoms with van der Waals surface area (Å²) in [5.41, 5.74) is 1.12. The molecule has 8 heteroatoms. The molecule has 3 atom stereocenters. The summed E-state index contributed by atoms with van der Waals surface area (Å²) >= 11 is 0. The van der Waals surface area contributed by atoms with Crippen LogP contribution >= 0.6 is 0 Å². The van der Waals surface area contributed by atoms with Crippen molar-refractivity contribution in [3.63, 3.8) is 0 Å². The molecule has 4 rings (SSSR count). The number of aromatic nitrogens is 4. The highest BCUT2D eigenvalue weighted by molar-refractivity contribution is 5.90. The van der Waals surface area contributed by atoms with Gasteiger partial charge in [-0.05, 0) is 37.2 Å². The van der Waals surface area contributed by atoms with E-state index < -0.39 is 0 Å². The van der Waals surface area contributed by atoms with Crippen LogP contribution in [-0.4, -0.2) is 50.3 Å². The van der Waals surface area contributed by atoms with Crippen LogP contribution in [0.1, 0.15) is 61.4 Å². The van der Waals surface area contributed by atoms with Gasteiger partial charge in [0.25, 0.3) is 11.5 Å². The molecule has 0 aliphatic carbocycles. The van der Waals surface area contributed by atoms with E-state index in [1.165, 1.54) is 11.8 Å². The molecule has 0 N–H and O–H groups in total. The Morgan fingerprint density at radius 3 is 2.79 bits per heavy atom. The highest BCUT2D eigenvalue weighted by Gasteiger charge is 2.42. The van der Waals surface area contributed by atoms with E-state index in [4.69, 9.17) is 4.74 Å². The van der Waals surface area contributed by atoms with E-state index in [0.29, 0.717) is 25.0 Å². The Bertz CT molecular complexity index is 963. The van der Waals surface area contributed by atoms with E-state index in [9.17, 15) is 9.59 Å². The molecule has 29 heavy (non-hydrogen) atoms. The molecule has 1 fully saturated rings. The summed E-state index contributed by atoms with van der Waals surface area (Å²) < 4.78 is 8.62. The third-order valence-electron chi connectivity index (χ3n) is 6.22. The van der Waals surface area contributed by atoms with Crippen molar-refractivity contribution in [3.8, 4) is 6.01 Å². The normalized spacial score (nSPS) is 23.2. The number of hydrogen-bond donors (Lipinski definition) is 0. The van der Waals surface area contributed by atoms with Crippen LogP contribution in [0.5, 0.6) is 6.01 Å². The van der Waals surface area contributed by atoms with Crippen molar-refractivity contribution in [1.82, 2.24) is 24.2 Å². The van der Waals surface area contributed by atoms with Gasteiger partial charge in [0.15, 0.2) is 0 Å². The second-order valence-electron chi connectivity index (χ2n) is 8.65. The first kappa shape index (κ1) is 19.7. The number of ether oxygens (including phenoxy) is 1. The maximum Gasteiger partial charge on any atom is 0.314 e. The average Bonchev–Trinajstić information content (AvgIpc) is 3.08. The van der Waals surface area contributed by atoms with Crippen LogP contribution in [0.15, 0.2) is 23.0 Å². The molecule has 2 aromatic rings. The van der Waals surface area contributed by atoms with Crippen molar-refractivity contribution in [2.45, 2.75) is 45.1 Å². The number of likely N-dealkylation sites (tertiary alicyclic amines) is 1. The molecule has 0 spiro atoms. The van der Waals surface area contributed by atoms with E-state index in [2.05, 4.69) is 23.9 Å². The number of carbonyl (C=O) groups excluding carboxylic acids is 1. The summed E-state index contributed by atoms with van der Waals surface area (Å²) in [4.78, 5) is 31.9. The van der Waals surface area contributed by atoms with Crippen LogP contribution in [0.2, 0.25) is 0 Å². The minimum atomic E-state index is -0.173. The van der Waals surface area contributed by atoms with Crippen LogP contribution in [0.25, 0.3) is 0 Å². The number of amides is 1. The second kappa shape index (κ2) is 7.65. The standard InChI is InChI=1S/C21H29N5O3/c1-13(2)8-9-17-15-10-14(16-6-5-7-18(27)26(16)17)11-25(12-15)20(28)19-22-21(29-4)24(3)23-19/h5-7,13-15,17H,8-12H2,1-4H3/t14-,15+,17+/m1/s1. The summed E-state index contributed by atoms with van der Waals surface area (Å²) in [6.07, 6.45) is 3.01. The Hall–Kier alpha value is -2.64. The number of piperidine rings is 1. The van der Waals surface area contributed by atoms with E-state index in [0.717, 1.165) is 25.0 Å². The molecular formula is C21H29N5O3. The smallest absolute Gasteiger partial charge is 0.314 e. The summed E-state index contributed by atoms with van der Waals surface area (Å²) in [7, 11) is 3.22. The maximum atomic E-state index is 13.1. The molecule has 2 aliphatic rings. The van der Waals surface area contributed by atoms with Crippen LogP contribution < -0.4 is 10.3 Å². The van der Waals surface area contributed by atoms with E-state index in [-0.39, 0.29) is 35.2 Å². The average molecular weight is 399 g/mol. The Kier molecular flexibility index (Phi) is 5.19. The van der Waals surface area contributed by atoms with Gasteiger partial charge in [0.05, 0.1) is 7.11 Å². The number of methoxy groups -OCH3 is 1. The number of fused-ring (bicyclic) bond motifs is 4. The molecule has 0 saturated carbocycles. The first-order valence-corrected chi connectivity index (χ1v) is 10.3. The molecule has 1 amide bonds. The number of aryl methyl sites for hydroxylation is 1. The number of hydrogen-bond acceptors (Lipinski definition) is 5. The molecule has 0 radical (unpaired) electrons. The van der Waals surface area contributed by atoms with Crippen LogP contribution in [0, 0.1) is 11.8 Å². The Labute approximate surface area is 170 Å². The van der Waals surface area contributed by atoms with Crippen molar-refractivity contribution < 1.29 is 9.53 Å². The van der Waals surface area contributed by atoms with E-state index in [1.807, 2.05) is 21.6 Å². The molecule has 1 saturated heterocycles. The molecule has 4 heterocycles. The third kappa shape index (κ3) is 3.56. The van der Waals surface area contributed by atoms with Gasteiger partial charge in [-0.25, -0.2) is 4.68 Å². The van der Waals surface area contributed by atoms with Crippen molar-refractivity contribution >= 4 is 5.91 Å². The minimum absolute atomic E-state index is 0.0712. The van der Waals surface area contributed by atoms with Gasteiger partial charge in [-0.3, -0.25) is 9.59 Å². The highest BCUT2D eigenvalue weighted by atomic mass is 16.5. The van der Waals surface area contributed by atoms with Gasteiger partial charge >= 0.3 is 6.01 Å². The lowest BCUT2D eigenvalue weighted by molar-refractivity contribution is 0.0502. The van der Waals surface area contributed by atoms with Crippen molar-refractivity contribution in [2.24, 2.45) is 18.9 Å². The fourth-order valence-electron chi connectivity index (χ4n) is 4.86. The predicted molar refractivity (Wildman–Crippen MR) is 108 cm³/mol. The Balaban J connectivity index is 1.65. The first-order valence-electron chi connectivity index (χ1n) is 10.3. The second-order valence-corrected chi connectivity index (χ2v) is 8.65. The number of carbonyl (C=O) groups is 1. The highest BCUT2D eigenvalue weighted by Crippen LogP contribution is 2.43. The van der Waals surface area contributed by atoms with E-state index >= 15 is 0 Å². The molecule has 8 nitrogen and oxygen atoms in total. The summed E-state index contributed by atoms with van der Waals surface area (Å²) in [6, 6.07) is 5.97. The summed E-state index contributed by atoms with van der Waals surface area (Å²) in [5.74, 6) is 0.978. The third-order valence-corrected chi connectivity index (χ3v) is 6.22. The summed E-state index contributed by atoms with van der Waals surface area (Å²) in [5, 5.41) is 4.22. The topological polar surface area (TPSA) is 82.2 Å². The van der Waals surface area contributed by atoms with Gasteiger partial charge in [0.1, 0.15) is 0 Å². The van der Waals surface area contributed by atoms with Crippen molar-refractivity contribution in [3.05, 3.63) is 40.1 Å². The lowest BCUT2D eigenvalue weighted by atomic mass is 9.76. The number of nitrogens with zero attached hydrogens (tertiary/aromatic N) is 5. The molecule has 0 aromatic carbocycles. The molecule has 2 bridgehead atoms. The predicted octanol–water partition coefficient (Wildman–Crippen LogP) is 2.22. The van der Waals surface area contributed by atoms with Crippen molar-refractivity contribution in [1.29, 1.82) is 0 Å². The van der Waals surface area contributed by atoms with Crippen molar-refractivity contribution in [2.75, 3.05) is 20.2 Å². The first-order chi connectivity index (χ1) is 13.9. The van der Waals surface area contributed by atoms with Crippen LogP contribution in [0.3, 0.4) is 0 Å². The molecular weight excluding hydrogens is 370 g/mol. The van der Waals surface area contributed by atoms with Crippen LogP contribution in [0.4, 0.5) is 0 Å². The van der Waals surface area contributed by atoms with Gasteiger partial charge < -0.3 is 14.2 Å². The maximum absolute atomic E-state index is 13.1. The quantitative estimate of drug-likeness (QED) is 0.770. The van der Waals surface area contributed by atoms with Gasteiger partial charge in [-0.2, -0.15) is 4.98 Å². The zero-order chi connectivity index (χ0) is 20.7. The monoisotopic (exact) mass is 399 g/mol. The van der Waals surface area contributed by atoms with Gasteiger partial charge in [0.2, 0.25) is 5.82 Å².